The lowest BCUT2D eigenvalue weighted by atomic mass is 10.0. The van der Waals surface area contributed by atoms with Gasteiger partial charge in [0.2, 0.25) is 5.43 Å². The predicted molar refractivity (Wildman–Crippen MR) is 114 cm³/mol. The third-order valence-electron chi connectivity index (χ3n) is 6.07. The maximum Gasteiger partial charge on any atom is 0.276 e. The van der Waals surface area contributed by atoms with Crippen LogP contribution in [0.1, 0.15) is 53.6 Å². The standard InChI is InChI=1S/C23H25F2N3O5/c1-11(2)6-17-12(3)28-18(33-17)10-27-9-15(20(29)21(30)19(27)23(28)32)22(31)26-8-13-4-5-14(24)7-16(13)25/h4-5,7,9,11-12,17-18,30H,6,8,10H2,1-3H3,(H,26,31). The van der Waals surface area contributed by atoms with Gasteiger partial charge in [0.1, 0.15) is 17.2 Å². The van der Waals surface area contributed by atoms with Gasteiger partial charge in [-0.3, -0.25) is 14.4 Å². The minimum Gasteiger partial charge on any atom is -0.503 e. The fourth-order valence-corrected chi connectivity index (χ4v) is 4.39. The number of nitrogens with zero attached hydrogens (tertiary/aromatic N) is 2. The SMILES string of the molecule is CC(C)CC1OC2Cn3cc(C(=O)NCc4ccc(F)cc4F)c(=O)c(O)c3C(=O)N2C1C. The van der Waals surface area contributed by atoms with E-state index in [9.17, 15) is 28.3 Å². The van der Waals surface area contributed by atoms with Crippen molar-refractivity contribution >= 4 is 11.8 Å². The molecule has 1 aromatic heterocycles. The highest BCUT2D eigenvalue weighted by Crippen LogP contribution is 2.34. The zero-order valence-corrected chi connectivity index (χ0v) is 18.5. The fraction of sp³-hybridized carbons (Fsp3) is 0.435. The Morgan fingerprint density at radius 1 is 1.30 bits per heavy atom. The van der Waals surface area contributed by atoms with Gasteiger partial charge in [0.25, 0.3) is 11.8 Å². The largest absolute Gasteiger partial charge is 0.503 e. The summed E-state index contributed by atoms with van der Waals surface area (Å²) < 4.78 is 34.3. The lowest BCUT2D eigenvalue weighted by molar-refractivity contribution is -0.0190. The molecule has 1 aromatic carbocycles. The van der Waals surface area contributed by atoms with Crippen LogP contribution in [0.5, 0.6) is 5.75 Å². The summed E-state index contributed by atoms with van der Waals surface area (Å²) in [7, 11) is 0. The van der Waals surface area contributed by atoms with E-state index in [0.29, 0.717) is 12.0 Å². The molecule has 3 heterocycles. The van der Waals surface area contributed by atoms with Crippen LogP contribution in [0.2, 0.25) is 0 Å². The molecule has 8 nitrogen and oxygen atoms in total. The number of aromatic nitrogens is 1. The van der Waals surface area contributed by atoms with Crippen LogP contribution in [0.15, 0.2) is 29.2 Å². The van der Waals surface area contributed by atoms with Crippen molar-refractivity contribution in [1.29, 1.82) is 0 Å². The second kappa shape index (κ2) is 8.58. The highest BCUT2D eigenvalue weighted by molar-refractivity contribution is 5.99. The lowest BCUT2D eigenvalue weighted by Crippen LogP contribution is -2.49. The molecule has 0 radical (unpaired) electrons. The van der Waals surface area contributed by atoms with E-state index in [1.54, 1.807) is 0 Å². The van der Waals surface area contributed by atoms with Crippen molar-refractivity contribution in [1.82, 2.24) is 14.8 Å². The number of fused-ring (bicyclic) bond motifs is 2. The summed E-state index contributed by atoms with van der Waals surface area (Å²) in [5.41, 5.74) is -1.57. The van der Waals surface area contributed by atoms with Gasteiger partial charge in [-0.25, -0.2) is 8.78 Å². The number of benzene rings is 1. The summed E-state index contributed by atoms with van der Waals surface area (Å²) >= 11 is 0. The van der Waals surface area contributed by atoms with E-state index in [-0.39, 0.29) is 36.5 Å². The van der Waals surface area contributed by atoms with Gasteiger partial charge in [-0.1, -0.05) is 19.9 Å². The molecule has 33 heavy (non-hydrogen) atoms. The van der Waals surface area contributed by atoms with Crippen LogP contribution in [0, 0.1) is 17.6 Å². The normalized spacial score (nSPS) is 21.8. The van der Waals surface area contributed by atoms with E-state index in [1.807, 2.05) is 6.92 Å². The summed E-state index contributed by atoms with van der Waals surface area (Å²) in [6.07, 6.45) is 1.17. The van der Waals surface area contributed by atoms with Crippen LogP contribution < -0.4 is 10.7 Å². The summed E-state index contributed by atoms with van der Waals surface area (Å²) in [5, 5.41) is 12.9. The van der Waals surface area contributed by atoms with Crippen LogP contribution >= 0.6 is 0 Å². The predicted octanol–water partition coefficient (Wildman–Crippen LogP) is 2.38. The van der Waals surface area contributed by atoms with Crippen molar-refractivity contribution in [2.75, 3.05) is 0 Å². The third-order valence-corrected chi connectivity index (χ3v) is 6.07. The van der Waals surface area contributed by atoms with E-state index in [4.69, 9.17) is 4.74 Å². The van der Waals surface area contributed by atoms with Crippen LogP contribution in [-0.4, -0.2) is 44.8 Å². The van der Waals surface area contributed by atoms with Crippen molar-refractivity contribution in [2.45, 2.75) is 58.7 Å². The molecule has 2 aliphatic heterocycles. The molecule has 176 valence electrons. The summed E-state index contributed by atoms with van der Waals surface area (Å²) in [5.74, 6) is -3.46. The first kappa shape index (κ1) is 22.9. The monoisotopic (exact) mass is 461 g/mol. The zero-order valence-electron chi connectivity index (χ0n) is 18.5. The van der Waals surface area contributed by atoms with Gasteiger partial charge >= 0.3 is 0 Å². The van der Waals surface area contributed by atoms with Gasteiger partial charge in [-0.15, -0.1) is 0 Å². The van der Waals surface area contributed by atoms with Crippen LogP contribution in [-0.2, 0) is 17.8 Å². The average molecular weight is 461 g/mol. The smallest absolute Gasteiger partial charge is 0.276 e. The highest BCUT2D eigenvalue weighted by atomic mass is 19.1. The maximum absolute atomic E-state index is 13.8. The Morgan fingerprint density at radius 3 is 2.70 bits per heavy atom. The molecule has 2 aromatic rings. The van der Waals surface area contributed by atoms with E-state index >= 15 is 0 Å². The van der Waals surface area contributed by atoms with Gasteiger partial charge in [-0.05, 0) is 25.3 Å². The number of pyridine rings is 1. The van der Waals surface area contributed by atoms with Crippen molar-refractivity contribution in [3.63, 3.8) is 0 Å². The number of hydrogen-bond acceptors (Lipinski definition) is 5. The number of ether oxygens (including phenoxy) is 1. The molecule has 0 saturated carbocycles. The molecular formula is C23H25F2N3O5. The quantitative estimate of drug-likeness (QED) is 0.712. The van der Waals surface area contributed by atoms with Crippen molar-refractivity contribution in [3.05, 3.63) is 63.1 Å². The molecule has 2 N–H and O–H groups in total. The van der Waals surface area contributed by atoms with E-state index in [2.05, 4.69) is 19.2 Å². The second-order valence-corrected chi connectivity index (χ2v) is 8.85. The molecular weight excluding hydrogens is 436 g/mol. The van der Waals surface area contributed by atoms with Gasteiger partial charge in [-0.2, -0.15) is 0 Å². The molecule has 10 heteroatoms. The Hall–Kier alpha value is -3.27. The van der Waals surface area contributed by atoms with Crippen LogP contribution in [0.25, 0.3) is 0 Å². The van der Waals surface area contributed by atoms with Crippen LogP contribution in [0.3, 0.4) is 0 Å². The van der Waals surface area contributed by atoms with Gasteiger partial charge in [0.05, 0.1) is 18.7 Å². The summed E-state index contributed by atoms with van der Waals surface area (Å²) in [6, 6.07) is 2.69. The molecule has 1 saturated heterocycles. The Morgan fingerprint density at radius 2 is 2.03 bits per heavy atom. The first-order valence-electron chi connectivity index (χ1n) is 10.7. The Labute approximate surface area is 188 Å². The summed E-state index contributed by atoms with van der Waals surface area (Å²) in [6.45, 7) is 5.82. The van der Waals surface area contributed by atoms with Crippen molar-refractivity contribution < 1.29 is 28.2 Å². The van der Waals surface area contributed by atoms with Gasteiger partial charge in [0, 0.05) is 24.4 Å². The molecule has 3 unspecified atom stereocenters. The number of carbonyl (C=O) groups excluding carboxylic acids is 2. The molecule has 2 amide bonds. The van der Waals surface area contributed by atoms with E-state index in [1.165, 1.54) is 21.7 Å². The highest BCUT2D eigenvalue weighted by Gasteiger charge is 2.47. The minimum atomic E-state index is -1.00. The Kier molecular flexibility index (Phi) is 5.96. The van der Waals surface area contributed by atoms with Crippen molar-refractivity contribution in [2.24, 2.45) is 5.92 Å². The molecule has 0 bridgehead atoms. The first-order valence-corrected chi connectivity index (χ1v) is 10.7. The van der Waals surface area contributed by atoms with E-state index in [0.717, 1.165) is 12.5 Å². The molecule has 2 aliphatic rings. The van der Waals surface area contributed by atoms with E-state index < -0.39 is 46.4 Å². The van der Waals surface area contributed by atoms with Gasteiger partial charge < -0.3 is 24.6 Å². The number of aromatic hydroxyl groups is 1. The molecule has 0 spiro atoms. The maximum atomic E-state index is 13.8. The first-order chi connectivity index (χ1) is 15.6. The third kappa shape index (κ3) is 4.10. The topological polar surface area (TPSA) is 101 Å². The zero-order chi connectivity index (χ0) is 24.0. The number of nitrogens with one attached hydrogen (secondary N) is 1. The fourth-order valence-electron chi connectivity index (χ4n) is 4.39. The Balaban J connectivity index is 1.60. The number of carbonyl (C=O) groups is 2. The number of amides is 2. The lowest BCUT2D eigenvalue weighted by Gasteiger charge is -2.33. The van der Waals surface area contributed by atoms with Gasteiger partial charge in [0.15, 0.2) is 17.7 Å². The average Bonchev–Trinajstić information content (AvgIpc) is 3.04. The molecule has 1 fully saturated rings. The number of hydrogen-bond donors (Lipinski definition) is 2. The summed E-state index contributed by atoms with van der Waals surface area (Å²) in [4.78, 5) is 40.0. The van der Waals surface area contributed by atoms with Crippen LogP contribution in [0.4, 0.5) is 8.78 Å². The minimum absolute atomic E-state index is 0.0300. The molecule has 4 rings (SSSR count). The molecule has 0 aliphatic carbocycles. The Bertz CT molecular complexity index is 1180. The van der Waals surface area contributed by atoms with Crippen molar-refractivity contribution in [3.8, 4) is 5.75 Å². The number of halogens is 2. The second-order valence-electron chi connectivity index (χ2n) is 8.85. The number of rotatable bonds is 5. The molecule has 3 atom stereocenters.